The van der Waals surface area contributed by atoms with Crippen LogP contribution in [0.4, 0.5) is 0 Å². The number of hydrogen-bond donors (Lipinski definition) is 1. The summed E-state index contributed by atoms with van der Waals surface area (Å²) in [6.45, 7) is 5.92. The lowest BCUT2D eigenvalue weighted by molar-refractivity contribution is 0.277. The number of furan rings is 1. The molecule has 1 heterocycles. The maximum absolute atomic E-state index is 8.84. The first-order valence-electron chi connectivity index (χ1n) is 3.73. The van der Waals surface area contributed by atoms with Crippen LogP contribution in [0.1, 0.15) is 18.2 Å². The molecule has 1 rings (SSSR count). The van der Waals surface area contributed by atoms with Crippen LogP contribution in [0.25, 0.3) is 0 Å². The lowest BCUT2D eigenvalue weighted by Crippen LogP contribution is -1.96. The van der Waals surface area contributed by atoms with Crippen molar-refractivity contribution in [2.75, 3.05) is 0 Å². The zero-order chi connectivity index (χ0) is 8.27. The fourth-order valence-electron chi connectivity index (χ4n) is 1.00. The third-order valence-corrected chi connectivity index (χ3v) is 1.54. The molecule has 2 heteroatoms. The monoisotopic (exact) mass is 153 g/mol. The van der Waals surface area contributed by atoms with Crippen LogP contribution in [0.15, 0.2) is 16.7 Å². The summed E-state index contributed by atoms with van der Waals surface area (Å²) >= 11 is 0. The van der Waals surface area contributed by atoms with E-state index in [2.05, 4.69) is 6.92 Å². The third-order valence-electron chi connectivity index (χ3n) is 1.54. The highest BCUT2D eigenvalue weighted by molar-refractivity contribution is 5.16. The minimum absolute atomic E-state index is 0.0541. The lowest BCUT2D eigenvalue weighted by atomic mass is 10.1. The third kappa shape index (κ3) is 2.09. The van der Waals surface area contributed by atoms with Crippen molar-refractivity contribution in [1.82, 2.24) is 0 Å². The Hall–Kier alpha value is -0.760. The van der Waals surface area contributed by atoms with Crippen molar-refractivity contribution in [1.29, 1.82) is 0 Å². The molecule has 0 aliphatic carbocycles. The molecule has 0 saturated heterocycles. The Labute approximate surface area is 66.8 Å². The van der Waals surface area contributed by atoms with E-state index in [9.17, 15) is 0 Å². The van der Waals surface area contributed by atoms with Gasteiger partial charge in [-0.1, -0.05) is 13.8 Å². The highest BCUT2D eigenvalue weighted by Gasteiger charge is 2.06. The molecule has 1 unspecified atom stereocenters. The predicted octanol–water partition coefficient (Wildman–Crippen LogP) is 1.78. The van der Waals surface area contributed by atoms with Crippen molar-refractivity contribution in [2.24, 2.45) is 5.92 Å². The van der Waals surface area contributed by atoms with Gasteiger partial charge < -0.3 is 9.52 Å². The summed E-state index contributed by atoms with van der Waals surface area (Å²) in [4.78, 5) is 0. The smallest absolute Gasteiger partial charge is 0.109 e. The Morgan fingerprint density at radius 3 is 3.00 bits per heavy atom. The standard InChI is InChI=1S/C9H13O2/c1-7(2)5-9-8(6-10)3-4-11-9/h3-4,7,10H,1,5-6H2,2H3. The Balaban J connectivity index is 2.68. The van der Waals surface area contributed by atoms with Crippen LogP contribution in [0.2, 0.25) is 0 Å². The zero-order valence-electron chi connectivity index (χ0n) is 6.71. The second-order valence-electron chi connectivity index (χ2n) is 2.84. The molecule has 0 fully saturated rings. The van der Waals surface area contributed by atoms with Crippen LogP contribution < -0.4 is 0 Å². The van der Waals surface area contributed by atoms with Gasteiger partial charge in [0.05, 0.1) is 12.9 Å². The SMILES string of the molecule is [CH2]C(C)Cc1occc1CO. The number of hydrogen-bond acceptors (Lipinski definition) is 2. The van der Waals surface area contributed by atoms with Gasteiger partial charge in [0.2, 0.25) is 0 Å². The maximum atomic E-state index is 8.84. The van der Waals surface area contributed by atoms with Crippen LogP contribution in [0.5, 0.6) is 0 Å². The minimum atomic E-state index is 0.0541. The number of rotatable bonds is 3. The van der Waals surface area contributed by atoms with E-state index in [0.717, 1.165) is 17.7 Å². The van der Waals surface area contributed by atoms with E-state index in [0.29, 0.717) is 5.92 Å². The predicted molar refractivity (Wildman–Crippen MR) is 42.9 cm³/mol. The van der Waals surface area contributed by atoms with Gasteiger partial charge in [0.1, 0.15) is 5.76 Å². The number of aliphatic hydroxyl groups excluding tert-OH is 1. The molecule has 0 bridgehead atoms. The summed E-state index contributed by atoms with van der Waals surface area (Å²) < 4.78 is 5.17. The molecule has 1 aromatic heterocycles. The molecule has 0 amide bonds. The van der Waals surface area contributed by atoms with E-state index in [1.54, 1.807) is 12.3 Å². The molecular formula is C9H13O2. The van der Waals surface area contributed by atoms with Crippen LogP contribution in [0, 0.1) is 12.8 Å². The van der Waals surface area contributed by atoms with Crippen molar-refractivity contribution in [3.05, 3.63) is 30.6 Å². The maximum Gasteiger partial charge on any atom is 0.109 e. The first-order chi connectivity index (χ1) is 5.24. The molecule has 0 spiro atoms. The Morgan fingerprint density at radius 1 is 1.73 bits per heavy atom. The van der Waals surface area contributed by atoms with Gasteiger partial charge in [0.15, 0.2) is 0 Å². The largest absolute Gasteiger partial charge is 0.469 e. The van der Waals surface area contributed by atoms with Crippen molar-refractivity contribution in [3.63, 3.8) is 0 Å². The molecule has 0 aliphatic rings. The topological polar surface area (TPSA) is 33.4 Å². The van der Waals surface area contributed by atoms with Gasteiger partial charge in [0, 0.05) is 12.0 Å². The van der Waals surface area contributed by atoms with Gasteiger partial charge in [-0.3, -0.25) is 0 Å². The second kappa shape index (κ2) is 3.58. The van der Waals surface area contributed by atoms with Crippen molar-refractivity contribution < 1.29 is 9.52 Å². The first kappa shape index (κ1) is 8.34. The summed E-state index contributed by atoms with van der Waals surface area (Å²) in [5.41, 5.74) is 0.875. The molecule has 2 nitrogen and oxygen atoms in total. The fraction of sp³-hybridized carbons (Fsp3) is 0.444. The summed E-state index contributed by atoms with van der Waals surface area (Å²) in [7, 11) is 0. The Morgan fingerprint density at radius 2 is 2.45 bits per heavy atom. The molecule has 1 aromatic rings. The normalized spacial score (nSPS) is 10.9. The number of aliphatic hydroxyl groups is 1. The van der Waals surface area contributed by atoms with Crippen LogP contribution in [0.3, 0.4) is 0 Å². The first-order valence-corrected chi connectivity index (χ1v) is 3.73. The van der Waals surface area contributed by atoms with Gasteiger partial charge in [-0.15, -0.1) is 0 Å². The van der Waals surface area contributed by atoms with Gasteiger partial charge in [-0.25, -0.2) is 0 Å². The average Bonchev–Trinajstić information content (AvgIpc) is 2.34. The molecule has 1 N–H and O–H groups in total. The molecule has 0 saturated carbocycles. The van der Waals surface area contributed by atoms with Crippen LogP contribution >= 0.6 is 0 Å². The van der Waals surface area contributed by atoms with Crippen molar-refractivity contribution in [2.45, 2.75) is 20.0 Å². The Kier molecular flexibility index (Phi) is 2.71. The highest BCUT2D eigenvalue weighted by atomic mass is 16.3. The van der Waals surface area contributed by atoms with Crippen LogP contribution in [-0.2, 0) is 13.0 Å². The lowest BCUT2D eigenvalue weighted by Gasteiger charge is -2.01. The van der Waals surface area contributed by atoms with E-state index < -0.39 is 0 Å². The molecule has 0 aliphatic heterocycles. The van der Waals surface area contributed by atoms with E-state index in [4.69, 9.17) is 9.52 Å². The summed E-state index contributed by atoms with van der Waals surface area (Å²) in [6, 6.07) is 1.79. The average molecular weight is 153 g/mol. The zero-order valence-corrected chi connectivity index (χ0v) is 6.71. The van der Waals surface area contributed by atoms with Crippen LogP contribution in [-0.4, -0.2) is 5.11 Å². The van der Waals surface area contributed by atoms with Crippen molar-refractivity contribution in [3.8, 4) is 0 Å². The molecule has 0 aromatic carbocycles. The van der Waals surface area contributed by atoms with E-state index in [1.807, 2.05) is 6.92 Å². The van der Waals surface area contributed by atoms with E-state index in [1.165, 1.54) is 0 Å². The molecule has 1 radical (unpaired) electrons. The summed E-state index contributed by atoms with van der Waals surface area (Å²) in [6.07, 6.45) is 2.40. The Bertz CT molecular complexity index is 213. The van der Waals surface area contributed by atoms with E-state index >= 15 is 0 Å². The second-order valence-corrected chi connectivity index (χ2v) is 2.84. The molecule has 1 atom stereocenters. The summed E-state index contributed by atoms with van der Waals surface area (Å²) in [5, 5.41) is 8.84. The van der Waals surface area contributed by atoms with Gasteiger partial charge in [-0.05, 0) is 12.0 Å². The van der Waals surface area contributed by atoms with Gasteiger partial charge in [-0.2, -0.15) is 0 Å². The molecule has 61 valence electrons. The van der Waals surface area contributed by atoms with Gasteiger partial charge >= 0.3 is 0 Å². The fourth-order valence-corrected chi connectivity index (χ4v) is 1.00. The van der Waals surface area contributed by atoms with Crippen molar-refractivity contribution >= 4 is 0 Å². The van der Waals surface area contributed by atoms with E-state index in [-0.39, 0.29) is 6.61 Å². The minimum Gasteiger partial charge on any atom is -0.469 e. The van der Waals surface area contributed by atoms with Gasteiger partial charge in [0.25, 0.3) is 0 Å². The summed E-state index contributed by atoms with van der Waals surface area (Å²) in [5.74, 6) is 1.18. The highest BCUT2D eigenvalue weighted by Crippen LogP contribution is 2.14. The molecular weight excluding hydrogens is 140 g/mol. The quantitative estimate of drug-likeness (QED) is 0.718. The molecule has 11 heavy (non-hydrogen) atoms.